The summed E-state index contributed by atoms with van der Waals surface area (Å²) in [5.41, 5.74) is 6.02. The molecule has 2 amide bonds. The predicted octanol–water partition coefficient (Wildman–Crippen LogP) is 1.48. The van der Waals surface area contributed by atoms with Crippen LogP contribution in [0.2, 0.25) is 0 Å². The Morgan fingerprint density at radius 2 is 2.03 bits per heavy atom. The average Bonchev–Trinajstić information content (AvgIpc) is 3.16. The number of ether oxygens (including phenoxy) is 1. The first kappa shape index (κ1) is 23.9. The van der Waals surface area contributed by atoms with Crippen LogP contribution < -0.4 is 16.4 Å². The van der Waals surface area contributed by atoms with E-state index in [0.29, 0.717) is 38.4 Å². The lowest BCUT2D eigenvalue weighted by atomic mass is 9.93. The molecular weight excluding hydrogens is 408 g/mol. The van der Waals surface area contributed by atoms with Gasteiger partial charge in [0.05, 0.1) is 18.8 Å². The molecule has 2 heterocycles. The van der Waals surface area contributed by atoms with E-state index in [-0.39, 0.29) is 24.3 Å². The summed E-state index contributed by atoms with van der Waals surface area (Å²) in [4.78, 5) is 24.6. The maximum absolute atomic E-state index is 12.6. The van der Waals surface area contributed by atoms with Crippen LogP contribution in [0.4, 0.5) is 0 Å². The zero-order chi connectivity index (χ0) is 23.1. The fourth-order valence-electron chi connectivity index (χ4n) is 3.77. The van der Waals surface area contributed by atoms with Gasteiger partial charge in [0, 0.05) is 25.9 Å². The summed E-state index contributed by atoms with van der Waals surface area (Å²) >= 11 is 0. The highest BCUT2D eigenvalue weighted by Gasteiger charge is 2.31. The first-order valence-corrected chi connectivity index (χ1v) is 11.2. The summed E-state index contributed by atoms with van der Waals surface area (Å²) in [5.74, 6) is 1.50. The molecule has 1 aliphatic rings. The topological polar surface area (TPSA) is 124 Å². The van der Waals surface area contributed by atoms with Crippen LogP contribution in [0, 0.1) is 5.92 Å². The fraction of sp³-hybridized carbons (Fsp3) is 0.565. The number of nitrogens with two attached hydrogens (primary N) is 1. The molecule has 0 saturated heterocycles. The molecule has 0 radical (unpaired) electrons. The van der Waals surface area contributed by atoms with E-state index in [9.17, 15) is 9.59 Å². The van der Waals surface area contributed by atoms with Gasteiger partial charge in [-0.15, -0.1) is 10.2 Å². The summed E-state index contributed by atoms with van der Waals surface area (Å²) in [6.45, 7) is 7.24. The predicted molar refractivity (Wildman–Crippen MR) is 120 cm³/mol. The number of carbonyl (C=O) groups is 2. The molecule has 1 unspecified atom stereocenters. The Labute approximate surface area is 189 Å². The molecule has 3 rings (SSSR count). The summed E-state index contributed by atoms with van der Waals surface area (Å²) in [5, 5.41) is 14.6. The lowest BCUT2D eigenvalue weighted by Crippen LogP contribution is -2.51. The Balaban J connectivity index is 1.71. The van der Waals surface area contributed by atoms with E-state index in [1.54, 1.807) is 13.8 Å². The molecule has 0 saturated carbocycles. The van der Waals surface area contributed by atoms with Crippen molar-refractivity contribution in [3.05, 3.63) is 47.5 Å². The monoisotopic (exact) mass is 442 g/mol. The largest absolute Gasteiger partial charge is 0.374 e. The van der Waals surface area contributed by atoms with Crippen molar-refractivity contribution < 1.29 is 14.3 Å². The number of nitrogens with zero attached hydrogens (tertiary/aromatic N) is 3. The van der Waals surface area contributed by atoms with Crippen LogP contribution in [0.5, 0.6) is 0 Å². The lowest BCUT2D eigenvalue weighted by Gasteiger charge is -2.27. The van der Waals surface area contributed by atoms with Gasteiger partial charge in [0.1, 0.15) is 11.9 Å². The molecule has 9 heteroatoms. The van der Waals surface area contributed by atoms with E-state index in [1.807, 2.05) is 41.8 Å². The molecule has 2 aromatic rings. The average molecular weight is 443 g/mol. The number of nitrogens with one attached hydrogen (secondary N) is 2. The SMILES string of the molecule is CCNC(=O)CC1CCn2c(nnc2[C@@H](COCc2ccccc2)NC(=O)C(C)(C)N)C1. The van der Waals surface area contributed by atoms with Crippen molar-refractivity contribution in [3.8, 4) is 0 Å². The number of rotatable bonds is 10. The summed E-state index contributed by atoms with van der Waals surface area (Å²) in [6.07, 6.45) is 2.01. The molecule has 1 aromatic carbocycles. The third-order valence-corrected chi connectivity index (χ3v) is 5.53. The molecule has 0 aliphatic carbocycles. The van der Waals surface area contributed by atoms with Crippen molar-refractivity contribution in [1.29, 1.82) is 0 Å². The maximum atomic E-state index is 12.6. The van der Waals surface area contributed by atoms with Gasteiger partial charge in [0.2, 0.25) is 11.8 Å². The Hall–Kier alpha value is -2.78. The fourth-order valence-corrected chi connectivity index (χ4v) is 3.77. The molecule has 0 fully saturated rings. The number of aromatic nitrogens is 3. The lowest BCUT2D eigenvalue weighted by molar-refractivity contribution is -0.126. The summed E-state index contributed by atoms with van der Waals surface area (Å²) in [6, 6.07) is 9.38. The van der Waals surface area contributed by atoms with Gasteiger partial charge in [0.15, 0.2) is 5.82 Å². The van der Waals surface area contributed by atoms with E-state index in [2.05, 4.69) is 20.8 Å². The molecular formula is C23H34N6O3. The van der Waals surface area contributed by atoms with Gasteiger partial charge in [-0.3, -0.25) is 9.59 Å². The highest BCUT2D eigenvalue weighted by atomic mass is 16.5. The van der Waals surface area contributed by atoms with E-state index in [4.69, 9.17) is 10.5 Å². The quantitative estimate of drug-likeness (QED) is 0.512. The van der Waals surface area contributed by atoms with Crippen molar-refractivity contribution in [2.75, 3.05) is 13.2 Å². The normalized spacial score (nSPS) is 16.8. The number of hydrogen-bond acceptors (Lipinski definition) is 6. The highest BCUT2D eigenvalue weighted by molar-refractivity contribution is 5.85. The van der Waals surface area contributed by atoms with Gasteiger partial charge in [-0.25, -0.2) is 0 Å². The Bertz CT molecular complexity index is 906. The third kappa shape index (κ3) is 6.37. The number of carbonyl (C=O) groups excluding carboxylic acids is 2. The Morgan fingerprint density at radius 3 is 2.72 bits per heavy atom. The van der Waals surface area contributed by atoms with Crippen molar-refractivity contribution >= 4 is 11.8 Å². The van der Waals surface area contributed by atoms with Crippen LogP contribution >= 0.6 is 0 Å². The molecule has 1 aromatic heterocycles. The van der Waals surface area contributed by atoms with Crippen LogP contribution in [0.25, 0.3) is 0 Å². The van der Waals surface area contributed by atoms with Crippen LogP contribution in [-0.2, 0) is 33.9 Å². The van der Waals surface area contributed by atoms with Crippen LogP contribution in [0.3, 0.4) is 0 Å². The zero-order valence-electron chi connectivity index (χ0n) is 19.1. The molecule has 1 aliphatic heterocycles. The number of amides is 2. The van der Waals surface area contributed by atoms with Crippen molar-refractivity contribution in [2.24, 2.45) is 11.7 Å². The van der Waals surface area contributed by atoms with Gasteiger partial charge in [-0.05, 0) is 38.7 Å². The van der Waals surface area contributed by atoms with Crippen molar-refractivity contribution in [2.45, 2.75) is 64.8 Å². The zero-order valence-corrected chi connectivity index (χ0v) is 19.1. The maximum Gasteiger partial charge on any atom is 0.240 e. The minimum Gasteiger partial charge on any atom is -0.374 e. The van der Waals surface area contributed by atoms with Crippen molar-refractivity contribution in [1.82, 2.24) is 25.4 Å². The minimum absolute atomic E-state index is 0.0651. The van der Waals surface area contributed by atoms with E-state index in [0.717, 1.165) is 17.8 Å². The second-order valence-electron chi connectivity index (χ2n) is 8.89. The number of hydrogen-bond donors (Lipinski definition) is 3. The number of benzene rings is 1. The van der Waals surface area contributed by atoms with E-state index >= 15 is 0 Å². The van der Waals surface area contributed by atoms with Gasteiger partial charge in [-0.1, -0.05) is 30.3 Å². The molecule has 9 nitrogen and oxygen atoms in total. The first-order valence-electron chi connectivity index (χ1n) is 11.2. The van der Waals surface area contributed by atoms with Gasteiger partial charge in [0.25, 0.3) is 0 Å². The minimum atomic E-state index is -1.03. The smallest absolute Gasteiger partial charge is 0.240 e. The summed E-state index contributed by atoms with van der Waals surface area (Å²) < 4.78 is 7.96. The summed E-state index contributed by atoms with van der Waals surface area (Å²) in [7, 11) is 0. The van der Waals surface area contributed by atoms with Gasteiger partial charge < -0.3 is 25.7 Å². The standard InChI is InChI=1S/C23H34N6O3/c1-4-25-20(30)13-17-10-11-29-19(12-17)27-28-21(29)18(26-22(31)23(2,3)24)15-32-14-16-8-6-5-7-9-16/h5-9,17-18H,4,10-15,24H2,1-3H3,(H,25,30)(H,26,31)/t17?,18-/m1/s1. The molecule has 0 bridgehead atoms. The van der Waals surface area contributed by atoms with Gasteiger partial charge >= 0.3 is 0 Å². The van der Waals surface area contributed by atoms with Crippen LogP contribution in [0.1, 0.15) is 56.9 Å². The van der Waals surface area contributed by atoms with Gasteiger partial charge in [-0.2, -0.15) is 0 Å². The van der Waals surface area contributed by atoms with E-state index in [1.165, 1.54) is 0 Å². The third-order valence-electron chi connectivity index (χ3n) is 5.53. The molecule has 2 atom stereocenters. The molecule has 32 heavy (non-hydrogen) atoms. The van der Waals surface area contributed by atoms with E-state index < -0.39 is 11.6 Å². The van der Waals surface area contributed by atoms with Crippen LogP contribution in [-0.4, -0.2) is 45.3 Å². The van der Waals surface area contributed by atoms with Crippen LogP contribution in [0.15, 0.2) is 30.3 Å². The highest BCUT2D eigenvalue weighted by Crippen LogP contribution is 2.25. The number of fused-ring (bicyclic) bond motifs is 1. The molecule has 0 spiro atoms. The Kier molecular flexibility index (Phi) is 7.98. The first-order chi connectivity index (χ1) is 15.3. The molecule has 174 valence electrons. The molecule has 4 N–H and O–H groups in total. The second kappa shape index (κ2) is 10.7. The Morgan fingerprint density at radius 1 is 1.28 bits per heavy atom. The second-order valence-corrected chi connectivity index (χ2v) is 8.89. The van der Waals surface area contributed by atoms with Crippen molar-refractivity contribution in [3.63, 3.8) is 0 Å².